The van der Waals surface area contributed by atoms with E-state index in [1.54, 1.807) is 20.4 Å². The molecule has 1 unspecified atom stereocenters. The van der Waals surface area contributed by atoms with Crippen LogP contribution in [0.2, 0.25) is 0 Å². The summed E-state index contributed by atoms with van der Waals surface area (Å²) in [5, 5.41) is 4.76. The van der Waals surface area contributed by atoms with E-state index in [2.05, 4.69) is 37.1 Å². The number of hydrogen-bond acceptors (Lipinski definition) is 5. The lowest BCUT2D eigenvalue weighted by molar-refractivity contribution is 0.0931. The van der Waals surface area contributed by atoms with Crippen LogP contribution in [-0.2, 0) is 0 Å². The number of carbonyl (C=O) groups excluding carboxylic acids is 1. The van der Waals surface area contributed by atoms with Crippen LogP contribution in [0.25, 0.3) is 22.0 Å². The largest absolute Gasteiger partial charge is 0.493 e. The molecule has 0 bridgehead atoms. The van der Waals surface area contributed by atoms with Gasteiger partial charge >= 0.3 is 0 Å². The fourth-order valence-electron chi connectivity index (χ4n) is 4.02. The Labute approximate surface area is 190 Å². The highest BCUT2D eigenvalue weighted by atomic mass is 16.5. The van der Waals surface area contributed by atoms with Crippen LogP contribution < -0.4 is 14.8 Å². The highest BCUT2D eigenvalue weighted by Crippen LogP contribution is 2.38. The number of likely N-dealkylation sites (N-methyl/N-ethyl adjacent to an activating group) is 1. The molecule has 0 aliphatic heterocycles. The molecule has 1 amide bonds. The predicted molar refractivity (Wildman–Crippen MR) is 130 cm³/mol. The fraction of sp³-hybridized carbons (Fsp3) is 0.385. The lowest BCUT2D eigenvalue weighted by Gasteiger charge is -2.23. The van der Waals surface area contributed by atoms with Gasteiger partial charge in [0.1, 0.15) is 0 Å². The van der Waals surface area contributed by atoms with Gasteiger partial charge in [0, 0.05) is 35.1 Å². The Hall–Kier alpha value is -3.12. The molecule has 1 aromatic heterocycles. The summed E-state index contributed by atoms with van der Waals surface area (Å²) in [6, 6.07) is 11.9. The monoisotopic (exact) mass is 435 g/mol. The van der Waals surface area contributed by atoms with Crippen LogP contribution in [0.3, 0.4) is 0 Å². The van der Waals surface area contributed by atoms with E-state index in [1.807, 2.05) is 37.3 Å². The molecule has 32 heavy (non-hydrogen) atoms. The second kappa shape index (κ2) is 10.5. The van der Waals surface area contributed by atoms with Crippen LogP contribution >= 0.6 is 0 Å². The molecule has 3 rings (SSSR count). The van der Waals surface area contributed by atoms with E-state index >= 15 is 0 Å². The molecule has 0 aliphatic carbocycles. The van der Waals surface area contributed by atoms with Crippen LogP contribution in [0.1, 0.15) is 36.7 Å². The first kappa shape index (κ1) is 23.5. The summed E-state index contributed by atoms with van der Waals surface area (Å²) in [5.74, 6) is 1.03. The lowest BCUT2D eigenvalue weighted by atomic mass is 9.97. The first-order chi connectivity index (χ1) is 15.4. The zero-order valence-corrected chi connectivity index (χ0v) is 19.9. The van der Waals surface area contributed by atoms with Crippen molar-refractivity contribution in [3.63, 3.8) is 0 Å². The number of pyridine rings is 1. The number of ether oxygens (including phenoxy) is 2. The Morgan fingerprint density at radius 3 is 2.28 bits per heavy atom. The van der Waals surface area contributed by atoms with Gasteiger partial charge in [-0.3, -0.25) is 9.78 Å². The van der Waals surface area contributed by atoms with Crippen molar-refractivity contribution in [3.8, 4) is 22.8 Å². The number of rotatable bonds is 9. The fourth-order valence-corrected chi connectivity index (χ4v) is 4.02. The Kier molecular flexibility index (Phi) is 7.70. The number of carbonyl (C=O) groups is 1. The minimum absolute atomic E-state index is 0.00800. The van der Waals surface area contributed by atoms with E-state index in [-0.39, 0.29) is 11.9 Å². The molecule has 0 radical (unpaired) electrons. The van der Waals surface area contributed by atoms with Gasteiger partial charge in [-0.1, -0.05) is 38.1 Å². The molecule has 1 N–H and O–H groups in total. The normalized spacial score (nSPS) is 12.1. The van der Waals surface area contributed by atoms with Gasteiger partial charge in [-0.2, -0.15) is 0 Å². The second-order valence-corrected chi connectivity index (χ2v) is 7.95. The van der Waals surface area contributed by atoms with E-state index in [1.165, 1.54) is 0 Å². The van der Waals surface area contributed by atoms with Gasteiger partial charge in [-0.05, 0) is 44.6 Å². The minimum atomic E-state index is -0.147. The average Bonchev–Trinajstić information content (AvgIpc) is 2.81. The van der Waals surface area contributed by atoms with E-state index in [0.717, 1.165) is 47.2 Å². The number of nitrogens with zero attached hydrogens (tertiary/aromatic N) is 2. The van der Waals surface area contributed by atoms with E-state index < -0.39 is 0 Å². The first-order valence-corrected chi connectivity index (χ1v) is 11.1. The summed E-state index contributed by atoms with van der Waals surface area (Å²) in [6.45, 7) is 11.0. The van der Waals surface area contributed by atoms with Crippen molar-refractivity contribution in [1.82, 2.24) is 15.2 Å². The zero-order chi connectivity index (χ0) is 23.3. The average molecular weight is 436 g/mol. The number of aromatic nitrogens is 1. The van der Waals surface area contributed by atoms with Gasteiger partial charge in [-0.25, -0.2) is 0 Å². The third-order valence-corrected chi connectivity index (χ3v) is 5.84. The topological polar surface area (TPSA) is 63.7 Å². The summed E-state index contributed by atoms with van der Waals surface area (Å²) in [7, 11) is 3.20. The standard InChI is InChI=1S/C26H33N3O3/c1-7-29(8-2)16-18(4)28-26(30)22-15-27-25(19-12-10-9-11-17(19)3)21-14-24(32-6)23(31-5)13-20(21)22/h9-15,18H,7-8,16H2,1-6H3,(H,28,30). The van der Waals surface area contributed by atoms with Crippen LogP contribution in [0, 0.1) is 6.92 Å². The summed E-state index contributed by atoms with van der Waals surface area (Å²) in [4.78, 5) is 20.3. The quantitative estimate of drug-likeness (QED) is 0.528. The van der Waals surface area contributed by atoms with Crippen molar-refractivity contribution in [2.24, 2.45) is 0 Å². The molecular formula is C26H33N3O3. The van der Waals surface area contributed by atoms with Crippen LogP contribution in [0.5, 0.6) is 11.5 Å². The Bertz CT molecular complexity index is 1090. The Balaban J connectivity index is 2.11. The molecule has 0 saturated heterocycles. The molecule has 0 spiro atoms. The van der Waals surface area contributed by atoms with Gasteiger partial charge in [0.15, 0.2) is 11.5 Å². The van der Waals surface area contributed by atoms with Crippen LogP contribution in [0.15, 0.2) is 42.6 Å². The van der Waals surface area contributed by atoms with Gasteiger partial charge in [0.2, 0.25) is 0 Å². The molecule has 6 nitrogen and oxygen atoms in total. The van der Waals surface area contributed by atoms with Crippen molar-refractivity contribution < 1.29 is 14.3 Å². The summed E-state index contributed by atoms with van der Waals surface area (Å²) in [6.07, 6.45) is 1.66. The van der Waals surface area contributed by atoms with Crippen LogP contribution in [-0.4, -0.2) is 55.7 Å². The van der Waals surface area contributed by atoms with Gasteiger partial charge in [-0.15, -0.1) is 0 Å². The minimum Gasteiger partial charge on any atom is -0.493 e. The summed E-state index contributed by atoms with van der Waals surface area (Å²) >= 11 is 0. The van der Waals surface area contributed by atoms with E-state index in [9.17, 15) is 4.79 Å². The van der Waals surface area contributed by atoms with Crippen molar-refractivity contribution >= 4 is 16.7 Å². The van der Waals surface area contributed by atoms with Crippen molar-refractivity contribution in [2.45, 2.75) is 33.7 Å². The molecule has 6 heteroatoms. The maximum Gasteiger partial charge on any atom is 0.253 e. The Morgan fingerprint density at radius 2 is 1.69 bits per heavy atom. The summed E-state index contributed by atoms with van der Waals surface area (Å²) in [5.41, 5.74) is 3.46. The smallest absolute Gasteiger partial charge is 0.253 e. The molecule has 0 fully saturated rings. The van der Waals surface area contributed by atoms with Crippen molar-refractivity contribution in [1.29, 1.82) is 0 Å². The third kappa shape index (κ3) is 4.86. The maximum absolute atomic E-state index is 13.3. The number of benzene rings is 2. The number of nitrogens with one attached hydrogen (secondary N) is 1. The maximum atomic E-state index is 13.3. The van der Waals surface area contributed by atoms with Gasteiger partial charge < -0.3 is 19.7 Å². The number of hydrogen-bond donors (Lipinski definition) is 1. The highest BCUT2D eigenvalue weighted by molar-refractivity contribution is 6.11. The number of methoxy groups -OCH3 is 2. The van der Waals surface area contributed by atoms with Gasteiger partial charge in [0.05, 0.1) is 25.5 Å². The molecule has 1 heterocycles. The van der Waals surface area contributed by atoms with Crippen molar-refractivity contribution in [3.05, 3.63) is 53.7 Å². The Morgan fingerprint density at radius 1 is 1.06 bits per heavy atom. The van der Waals surface area contributed by atoms with Crippen LogP contribution in [0.4, 0.5) is 0 Å². The van der Waals surface area contributed by atoms with Gasteiger partial charge in [0.25, 0.3) is 5.91 Å². The highest BCUT2D eigenvalue weighted by Gasteiger charge is 2.20. The third-order valence-electron chi connectivity index (χ3n) is 5.84. The van der Waals surface area contributed by atoms with E-state index in [4.69, 9.17) is 14.5 Å². The second-order valence-electron chi connectivity index (χ2n) is 7.95. The summed E-state index contributed by atoms with van der Waals surface area (Å²) < 4.78 is 11.1. The molecule has 170 valence electrons. The first-order valence-electron chi connectivity index (χ1n) is 11.1. The van der Waals surface area contributed by atoms with Crippen molar-refractivity contribution in [2.75, 3.05) is 33.9 Å². The number of amides is 1. The molecule has 1 atom stereocenters. The molecule has 2 aromatic carbocycles. The molecule has 3 aromatic rings. The van der Waals surface area contributed by atoms with E-state index in [0.29, 0.717) is 17.1 Å². The lowest BCUT2D eigenvalue weighted by Crippen LogP contribution is -2.42. The SMILES string of the molecule is CCN(CC)CC(C)NC(=O)c1cnc(-c2ccccc2C)c2cc(OC)c(OC)cc12. The molecular weight excluding hydrogens is 402 g/mol. The number of fused-ring (bicyclic) bond motifs is 1. The zero-order valence-electron chi connectivity index (χ0n) is 19.9. The molecule has 0 saturated carbocycles. The molecule has 0 aliphatic rings. The number of aryl methyl sites for hydroxylation is 1. The predicted octanol–water partition coefficient (Wildman–Crippen LogP) is 4.69.